The van der Waals surface area contributed by atoms with Crippen LogP contribution in [0.2, 0.25) is 0 Å². The van der Waals surface area contributed by atoms with Crippen LogP contribution in [0.25, 0.3) is 33.5 Å². The van der Waals surface area contributed by atoms with Gasteiger partial charge in [-0.1, -0.05) is 60.7 Å². The molecule has 0 aliphatic heterocycles. The molecule has 0 atom stereocenters. The van der Waals surface area contributed by atoms with Crippen molar-refractivity contribution in [3.63, 3.8) is 0 Å². The zero-order valence-electron chi connectivity index (χ0n) is 13.7. The molecule has 1 heterocycles. The number of hydrogen-bond donors (Lipinski definition) is 0. The quantitative estimate of drug-likeness (QED) is 0.533. The lowest BCUT2D eigenvalue weighted by Gasteiger charge is -2.11. The Morgan fingerprint density at radius 3 is 1.31 bits per heavy atom. The van der Waals surface area contributed by atoms with Gasteiger partial charge < -0.3 is 0 Å². The van der Waals surface area contributed by atoms with Crippen LogP contribution in [0, 0.1) is 22.7 Å². The fourth-order valence-electron chi connectivity index (χ4n) is 2.88. The zero-order valence-corrected chi connectivity index (χ0v) is 13.7. The maximum Gasteiger partial charge on any atom is 0.101 e. The third-order valence-corrected chi connectivity index (χ3v) is 4.14. The second-order valence-electron chi connectivity index (χ2n) is 5.76. The van der Waals surface area contributed by atoms with Crippen LogP contribution < -0.4 is 0 Å². The molecule has 0 N–H and O–H groups in total. The standard InChI is InChI=1S/C22H12N4/c23-13-17-11-19-20(12-18(17)14-24)26-22(16-9-5-2-6-10-16)21(25-19)15-7-3-1-4-8-15/h1-12H. The van der Waals surface area contributed by atoms with Crippen LogP contribution in [0.5, 0.6) is 0 Å². The van der Waals surface area contributed by atoms with Gasteiger partial charge in [0, 0.05) is 11.1 Å². The molecule has 0 fully saturated rings. The molecule has 3 aromatic carbocycles. The molecule has 0 spiro atoms. The first-order valence-electron chi connectivity index (χ1n) is 8.07. The fourth-order valence-corrected chi connectivity index (χ4v) is 2.88. The summed E-state index contributed by atoms with van der Waals surface area (Å²) in [7, 11) is 0. The predicted molar refractivity (Wildman–Crippen MR) is 99.8 cm³/mol. The second-order valence-corrected chi connectivity index (χ2v) is 5.76. The zero-order chi connectivity index (χ0) is 17.9. The van der Waals surface area contributed by atoms with E-state index in [0.717, 1.165) is 22.5 Å². The number of benzene rings is 3. The summed E-state index contributed by atoms with van der Waals surface area (Å²) in [5.74, 6) is 0. The Bertz CT molecular complexity index is 1090. The number of nitriles is 2. The maximum absolute atomic E-state index is 9.28. The van der Waals surface area contributed by atoms with E-state index in [2.05, 4.69) is 12.1 Å². The van der Waals surface area contributed by atoms with Crippen molar-refractivity contribution in [2.24, 2.45) is 0 Å². The average Bonchev–Trinajstić information content (AvgIpc) is 2.73. The second kappa shape index (κ2) is 6.47. The highest BCUT2D eigenvalue weighted by molar-refractivity contribution is 5.87. The van der Waals surface area contributed by atoms with E-state index >= 15 is 0 Å². The van der Waals surface area contributed by atoms with Crippen molar-refractivity contribution >= 4 is 11.0 Å². The van der Waals surface area contributed by atoms with Crippen molar-refractivity contribution in [2.75, 3.05) is 0 Å². The molecule has 0 amide bonds. The summed E-state index contributed by atoms with van der Waals surface area (Å²) in [6, 6.07) is 27.0. The van der Waals surface area contributed by atoms with Crippen LogP contribution in [0.1, 0.15) is 11.1 Å². The van der Waals surface area contributed by atoms with Gasteiger partial charge in [-0.25, -0.2) is 9.97 Å². The van der Waals surface area contributed by atoms with Crippen LogP contribution in [0.15, 0.2) is 72.8 Å². The molecular formula is C22H12N4. The Morgan fingerprint density at radius 1 is 0.577 bits per heavy atom. The highest BCUT2D eigenvalue weighted by Gasteiger charge is 2.14. The molecule has 1 aromatic heterocycles. The largest absolute Gasteiger partial charge is 0.244 e. The van der Waals surface area contributed by atoms with Gasteiger partial charge in [0.25, 0.3) is 0 Å². The molecule has 0 bridgehead atoms. The Morgan fingerprint density at radius 2 is 0.962 bits per heavy atom. The fraction of sp³-hybridized carbons (Fsp3) is 0. The summed E-state index contributed by atoms with van der Waals surface area (Å²) >= 11 is 0. The molecular weight excluding hydrogens is 320 g/mol. The highest BCUT2D eigenvalue weighted by atomic mass is 14.8. The molecule has 26 heavy (non-hydrogen) atoms. The summed E-state index contributed by atoms with van der Waals surface area (Å²) in [5.41, 5.74) is 5.20. The van der Waals surface area contributed by atoms with Crippen molar-refractivity contribution in [3.05, 3.63) is 83.9 Å². The molecule has 4 heteroatoms. The monoisotopic (exact) mass is 332 g/mol. The summed E-state index contributed by atoms with van der Waals surface area (Å²) in [5, 5.41) is 18.6. The summed E-state index contributed by atoms with van der Waals surface area (Å²) in [4.78, 5) is 9.57. The van der Waals surface area contributed by atoms with E-state index in [1.165, 1.54) is 0 Å². The van der Waals surface area contributed by atoms with E-state index in [-0.39, 0.29) is 0 Å². The van der Waals surface area contributed by atoms with Gasteiger partial charge in [0.1, 0.15) is 12.1 Å². The molecule has 0 aliphatic carbocycles. The topological polar surface area (TPSA) is 73.4 Å². The van der Waals surface area contributed by atoms with E-state index in [0.29, 0.717) is 22.2 Å². The van der Waals surface area contributed by atoms with Gasteiger partial charge in [0.05, 0.1) is 33.5 Å². The molecule has 0 radical (unpaired) electrons. The molecule has 0 saturated heterocycles. The minimum Gasteiger partial charge on any atom is -0.244 e. The van der Waals surface area contributed by atoms with E-state index in [9.17, 15) is 10.5 Å². The van der Waals surface area contributed by atoms with Crippen molar-refractivity contribution in [1.82, 2.24) is 9.97 Å². The van der Waals surface area contributed by atoms with Gasteiger partial charge in [-0.3, -0.25) is 0 Å². The lowest BCUT2D eigenvalue weighted by molar-refractivity contribution is 1.28. The van der Waals surface area contributed by atoms with Gasteiger partial charge in [0.15, 0.2) is 0 Å². The first kappa shape index (κ1) is 15.5. The first-order chi connectivity index (χ1) is 12.8. The smallest absolute Gasteiger partial charge is 0.101 e. The van der Waals surface area contributed by atoms with Crippen LogP contribution in [-0.4, -0.2) is 9.97 Å². The van der Waals surface area contributed by atoms with Crippen molar-refractivity contribution in [1.29, 1.82) is 10.5 Å². The van der Waals surface area contributed by atoms with Gasteiger partial charge in [-0.15, -0.1) is 0 Å². The summed E-state index contributed by atoms with van der Waals surface area (Å²) in [6.45, 7) is 0. The third-order valence-electron chi connectivity index (χ3n) is 4.14. The molecule has 0 unspecified atom stereocenters. The third kappa shape index (κ3) is 2.66. The number of nitrogens with zero attached hydrogens (tertiary/aromatic N) is 4. The SMILES string of the molecule is N#Cc1cc2nc(-c3ccccc3)c(-c3ccccc3)nc2cc1C#N. The maximum atomic E-state index is 9.28. The van der Waals surface area contributed by atoms with Gasteiger partial charge in [0.2, 0.25) is 0 Å². The predicted octanol–water partition coefficient (Wildman–Crippen LogP) is 4.71. The minimum absolute atomic E-state index is 0.306. The molecule has 4 nitrogen and oxygen atoms in total. The Hall–Kier alpha value is -4.02. The highest BCUT2D eigenvalue weighted by Crippen LogP contribution is 2.31. The Balaban J connectivity index is 2.07. The molecule has 4 rings (SSSR count). The molecule has 0 aliphatic rings. The molecule has 0 saturated carbocycles. The molecule has 120 valence electrons. The number of rotatable bonds is 2. The van der Waals surface area contributed by atoms with E-state index in [1.807, 2.05) is 60.7 Å². The van der Waals surface area contributed by atoms with Crippen LogP contribution >= 0.6 is 0 Å². The molecule has 4 aromatic rings. The number of aromatic nitrogens is 2. The summed E-state index contributed by atoms with van der Waals surface area (Å²) in [6.07, 6.45) is 0. The van der Waals surface area contributed by atoms with Gasteiger partial charge >= 0.3 is 0 Å². The van der Waals surface area contributed by atoms with E-state index in [1.54, 1.807) is 12.1 Å². The Kier molecular flexibility index (Phi) is 3.86. The summed E-state index contributed by atoms with van der Waals surface area (Å²) < 4.78 is 0. The number of fused-ring (bicyclic) bond motifs is 1. The normalized spacial score (nSPS) is 10.2. The van der Waals surface area contributed by atoms with Crippen molar-refractivity contribution < 1.29 is 0 Å². The van der Waals surface area contributed by atoms with Crippen LogP contribution in [0.3, 0.4) is 0 Å². The lowest BCUT2D eigenvalue weighted by atomic mass is 10.0. The van der Waals surface area contributed by atoms with E-state index < -0.39 is 0 Å². The van der Waals surface area contributed by atoms with Gasteiger partial charge in [-0.2, -0.15) is 10.5 Å². The Labute approximate surface area is 150 Å². The van der Waals surface area contributed by atoms with E-state index in [4.69, 9.17) is 9.97 Å². The van der Waals surface area contributed by atoms with Crippen LogP contribution in [-0.2, 0) is 0 Å². The number of hydrogen-bond acceptors (Lipinski definition) is 4. The van der Waals surface area contributed by atoms with Crippen LogP contribution in [0.4, 0.5) is 0 Å². The average molecular weight is 332 g/mol. The van der Waals surface area contributed by atoms with Crippen molar-refractivity contribution in [3.8, 4) is 34.7 Å². The minimum atomic E-state index is 0.306. The van der Waals surface area contributed by atoms with Gasteiger partial charge in [-0.05, 0) is 12.1 Å². The van der Waals surface area contributed by atoms with Crippen molar-refractivity contribution in [2.45, 2.75) is 0 Å². The lowest BCUT2D eigenvalue weighted by Crippen LogP contribution is -1.97. The first-order valence-corrected chi connectivity index (χ1v) is 8.07.